The minimum atomic E-state index is -0.239. The third-order valence-corrected chi connectivity index (χ3v) is 7.64. The molecule has 7 heteroatoms. The molecule has 5 rings (SSSR count). The number of nitrogens with one attached hydrogen (secondary N) is 1. The smallest absolute Gasteiger partial charge is 0.409 e. The molecule has 1 unspecified atom stereocenters. The molecule has 1 aromatic heterocycles. The van der Waals surface area contributed by atoms with Crippen molar-refractivity contribution < 1.29 is 9.53 Å². The van der Waals surface area contributed by atoms with Gasteiger partial charge in [0.15, 0.2) is 0 Å². The number of aromatic nitrogens is 2. The minimum absolute atomic E-state index is 0.0773. The van der Waals surface area contributed by atoms with Crippen molar-refractivity contribution in [2.45, 2.75) is 44.6 Å². The van der Waals surface area contributed by atoms with Crippen molar-refractivity contribution in [2.24, 2.45) is 5.92 Å². The fraction of sp³-hybridized carbons (Fsp3) is 0.467. The lowest BCUT2D eigenvalue weighted by molar-refractivity contribution is 0.0846. The average Bonchev–Trinajstić information content (AvgIpc) is 3.27. The number of carbonyl (C=O) groups is 1. The molecule has 1 saturated heterocycles. The number of para-hydroxylation sites is 2. The molecule has 3 aliphatic rings. The van der Waals surface area contributed by atoms with Crippen molar-refractivity contribution in [1.82, 2.24) is 19.4 Å². The van der Waals surface area contributed by atoms with Gasteiger partial charge >= 0.3 is 11.8 Å². The summed E-state index contributed by atoms with van der Waals surface area (Å²) in [6, 6.07) is 7.86. The van der Waals surface area contributed by atoms with Gasteiger partial charge in [-0.1, -0.05) is 60.2 Å². The number of ether oxygens (including phenoxy) is 1. The number of rotatable bonds is 9. The van der Waals surface area contributed by atoms with Crippen LogP contribution in [-0.4, -0.2) is 64.8 Å². The summed E-state index contributed by atoms with van der Waals surface area (Å²) >= 11 is 0. The highest BCUT2D eigenvalue weighted by Crippen LogP contribution is 2.25. The first-order valence-corrected chi connectivity index (χ1v) is 13.7. The zero-order valence-electron chi connectivity index (χ0n) is 21.6. The van der Waals surface area contributed by atoms with Gasteiger partial charge in [0.1, 0.15) is 0 Å². The van der Waals surface area contributed by atoms with Crippen LogP contribution in [0.2, 0.25) is 0 Å². The number of H-pyrrole nitrogens is 1. The topological polar surface area (TPSA) is 70.6 Å². The minimum Gasteiger partial charge on any atom is -0.449 e. The van der Waals surface area contributed by atoms with Crippen LogP contribution in [0.5, 0.6) is 0 Å². The first-order chi connectivity index (χ1) is 18.2. The van der Waals surface area contributed by atoms with Crippen molar-refractivity contribution in [3.63, 3.8) is 0 Å². The van der Waals surface area contributed by atoms with Crippen molar-refractivity contribution >= 4 is 17.1 Å². The second-order valence-corrected chi connectivity index (χ2v) is 10.3. The van der Waals surface area contributed by atoms with E-state index in [4.69, 9.17) is 4.74 Å². The fourth-order valence-electron chi connectivity index (χ4n) is 5.69. The van der Waals surface area contributed by atoms with Gasteiger partial charge in [-0.05, 0) is 56.6 Å². The third kappa shape index (κ3) is 6.52. The van der Waals surface area contributed by atoms with E-state index in [9.17, 15) is 9.59 Å². The molecule has 37 heavy (non-hydrogen) atoms. The zero-order chi connectivity index (χ0) is 25.5. The zero-order valence-corrected chi connectivity index (χ0v) is 21.6. The van der Waals surface area contributed by atoms with Gasteiger partial charge in [0.25, 0.3) is 0 Å². The van der Waals surface area contributed by atoms with Gasteiger partial charge in [-0.3, -0.25) is 9.47 Å². The van der Waals surface area contributed by atoms with Crippen LogP contribution >= 0.6 is 0 Å². The molecule has 7 nitrogen and oxygen atoms in total. The lowest BCUT2D eigenvalue weighted by Gasteiger charge is -2.32. The van der Waals surface area contributed by atoms with Crippen LogP contribution in [0.15, 0.2) is 77.2 Å². The number of benzene rings is 1. The van der Waals surface area contributed by atoms with Crippen LogP contribution in [-0.2, 0) is 4.74 Å². The number of hydrogen-bond donors (Lipinski definition) is 1. The highest BCUT2D eigenvalue weighted by atomic mass is 16.6. The number of nitrogens with zero attached hydrogens (tertiary/aromatic N) is 3. The number of piperidine rings is 1. The van der Waals surface area contributed by atoms with Crippen LogP contribution in [0.3, 0.4) is 0 Å². The molecule has 2 aliphatic carbocycles. The summed E-state index contributed by atoms with van der Waals surface area (Å²) in [5.74, 6) is 0.540. The maximum atomic E-state index is 12.7. The molecule has 1 aliphatic heterocycles. The van der Waals surface area contributed by atoms with Crippen molar-refractivity contribution in [2.75, 3.05) is 39.3 Å². The number of amides is 1. The molecule has 1 fully saturated rings. The van der Waals surface area contributed by atoms with Gasteiger partial charge < -0.3 is 14.6 Å². The lowest BCUT2D eigenvalue weighted by atomic mass is 9.99. The second kappa shape index (κ2) is 12.3. The first kappa shape index (κ1) is 25.3. The van der Waals surface area contributed by atoms with E-state index in [-0.39, 0.29) is 17.8 Å². The summed E-state index contributed by atoms with van der Waals surface area (Å²) in [4.78, 5) is 32.5. The number of aromatic amines is 1. The number of likely N-dealkylation sites (tertiary alicyclic amines) is 1. The Balaban J connectivity index is 1.08. The fourth-order valence-corrected chi connectivity index (χ4v) is 5.69. The molecule has 0 spiro atoms. The molecular formula is C30H38N4O3. The van der Waals surface area contributed by atoms with Gasteiger partial charge in [0.05, 0.1) is 17.6 Å². The maximum absolute atomic E-state index is 12.7. The molecule has 1 amide bonds. The van der Waals surface area contributed by atoms with Gasteiger partial charge in [-0.15, -0.1) is 0 Å². The molecule has 0 saturated carbocycles. The Hall–Kier alpha value is -3.32. The highest BCUT2D eigenvalue weighted by Gasteiger charge is 2.27. The maximum Gasteiger partial charge on any atom is 0.409 e. The molecule has 1 aromatic carbocycles. The molecule has 196 valence electrons. The number of imidazole rings is 1. The predicted molar refractivity (Wildman–Crippen MR) is 148 cm³/mol. The monoisotopic (exact) mass is 502 g/mol. The molecule has 2 aromatic rings. The lowest BCUT2D eigenvalue weighted by Crippen LogP contribution is -2.41. The van der Waals surface area contributed by atoms with Crippen LogP contribution in [0, 0.1) is 5.92 Å². The number of hydrogen-bond acceptors (Lipinski definition) is 4. The van der Waals surface area contributed by atoms with Crippen molar-refractivity contribution in [3.05, 3.63) is 82.9 Å². The Morgan fingerprint density at radius 2 is 1.97 bits per heavy atom. The second-order valence-electron chi connectivity index (χ2n) is 10.3. The van der Waals surface area contributed by atoms with E-state index in [1.54, 1.807) is 4.90 Å². The van der Waals surface area contributed by atoms with E-state index in [2.05, 4.69) is 52.4 Å². The Bertz CT molecular complexity index is 1240. The number of carbonyl (C=O) groups excluding carboxylic acids is 1. The average molecular weight is 503 g/mol. The molecular weight excluding hydrogens is 464 g/mol. The van der Waals surface area contributed by atoms with Crippen molar-refractivity contribution in [3.8, 4) is 0 Å². The Morgan fingerprint density at radius 1 is 1.11 bits per heavy atom. The summed E-state index contributed by atoms with van der Waals surface area (Å²) < 4.78 is 7.52. The van der Waals surface area contributed by atoms with E-state index in [0.717, 1.165) is 69.2 Å². The first-order valence-electron chi connectivity index (χ1n) is 13.7. The third-order valence-electron chi connectivity index (χ3n) is 7.64. The Labute approximate surface area is 218 Å². The van der Waals surface area contributed by atoms with E-state index in [0.29, 0.717) is 25.6 Å². The number of fused-ring (bicyclic) bond motifs is 1. The molecule has 1 N–H and O–H groups in total. The van der Waals surface area contributed by atoms with E-state index >= 15 is 0 Å². The van der Waals surface area contributed by atoms with E-state index < -0.39 is 0 Å². The summed E-state index contributed by atoms with van der Waals surface area (Å²) in [5, 5.41) is 0. The molecule has 0 bridgehead atoms. The quantitative estimate of drug-likeness (QED) is 0.478. The summed E-state index contributed by atoms with van der Waals surface area (Å²) in [5.41, 5.74) is 3.19. The van der Waals surface area contributed by atoms with E-state index in [1.165, 1.54) is 5.57 Å². The normalized spacial score (nSPS) is 20.1. The SMILES string of the molecule is O=C(OCCCN(CC1=CC=CCC1)CC1C=CC=CC1)N1CCC(n2c(=O)[nH]c3ccccc32)CC1. The van der Waals surface area contributed by atoms with Gasteiger partial charge in [0, 0.05) is 38.8 Å². The van der Waals surface area contributed by atoms with Gasteiger partial charge in [-0.25, -0.2) is 9.59 Å². The van der Waals surface area contributed by atoms with Gasteiger partial charge in [0.2, 0.25) is 0 Å². The van der Waals surface area contributed by atoms with Crippen LogP contribution in [0.4, 0.5) is 4.79 Å². The van der Waals surface area contributed by atoms with E-state index in [1.807, 2.05) is 28.8 Å². The van der Waals surface area contributed by atoms with Crippen LogP contribution in [0.1, 0.15) is 44.6 Å². The van der Waals surface area contributed by atoms with Crippen molar-refractivity contribution in [1.29, 1.82) is 0 Å². The summed E-state index contributed by atoms with van der Waals surface area (Å²) in [6.07, 6.45) is 20.9. The van der Waals surface area contributed by atoms with Crippen LogP contribution in [0.25, 0.3) is 11.0 Å². The largest absolute Gasteiger partial charge is 0.449 e. The summed E-state index contributed by atoms with van der Waals surface area (Å²) in [6.45, 7) is 4.55. The summed E-state index contributed by atoms with van der Waals surface area (Å²) in [7, 11) is 0. The standard InChI is InChI=1S/C30H38N4O3/c35-29-31-27-14-7-8-15-28(27)34(29)26-16-19-33(20-17-26)30(36)37-21-9-18-32(22-24-10-3-1-4-11-24)23-25-12-5-2-6-13-25/h1-5,7-8,10,12,14-15,24,26H,6,9,11,13,16-23H2,(H,31,35). The molecule has 2 heterocycles. The Kier molecular flexibility index (Phi) is 8.41. The highest BCUT2D eigenvalue weighted by molar-refractivity contribution is 5.75. The molecule has 0 radical (unpaired) electrons. The van der Waals surface area contributed by atoms with Crippen LogP contribution < -0.4 is 5.69 Å². The predicted octanol–water partition coefficient (Wildman–Crippen LogP) is 5.20. The number of allylic oxidation sites excluding steroid dienone is 6. The Morgan fingerprint density at radius 3 is 2.76 bits per heavy atom. The molecule has 1 atom stereocenters. The van der Waals surface area contributed by atoms with Gasteiger partial charge in [-0.2, -0.15) is 0 Å².